The molecule has 1 aromatic carbocycles. The number of nitrogens with one attached hydrogen (secondary N) is 1. The lowest BCUT2D eigenvalue weighted by Crippen LogP contribution is -2.33. The third-order valence-corrected chi connectivity index (χ3v) is 4.85. The fourth-order valence-electron chi connectivity index (χ4n) is 3.36. The third-order valence-electron chi connectivity index (χ3n) is 4.85. The Balaban J connectivity index is 1.61. The van der Waals surface area contributed by atoms with Crippen LogP contribution in [-0.4, -0.2) is 15.6 Å². The average molecular weight is 271 g/mol. The molecular formula is C17H25N3. The van der Waals surface area contributed by atoms with Crippen molar-refractivity contribution >= 4 is 11.0 Å². The standard InChI is InChI=1S/C17H25N3/c1-3-13-8-10-14(11-9-13)18-12-17-19-15-6-4-5-7-16(15)20(17)2/h4-7,13-14,18H,3,8-12H2,1-2H3. The second-order valence-corrected chi connectivity index (χ2v) is 6.08. The predicted octanol–water partition coefficient (Wildman–Crippen LogP) is 3.63. The van der Waals surface area contributed by atoms with Gasteiger partial charge in [-0.25, -0.2) is 4.98 Å². The SMILES string of the molecule is CCC1CCC(NCc2nc3ccccc3n2C)CC1. The van der Waals surface area contributed by atoms with Gasteiger partial charge in [0.05, 0.1) is 17.6 Å². The van der Waals surface area contributed by atoms with E-state index in [4.69, 9.17) is 4.98 Å². The zero-order chi connectivity index (χ0) is 13.9. The van der Waals surface area contributed by atoms with Crippen molar-refractivity contribution in [3.8, 4) is 0 Å². The van der Waals surface area contributed by atoms with E-state index in [1.54, 1.807) is 0 Å². The summed E-state index contributed by atoms with van der Waals surface area (Å²) in [4.78, 5) is 4.73. The molecule has 0 spiro atoms. The van der Waals surface area contributed by atoms with Crippen LogP contribution in [0, 0.1) is 5.92 Å². The minimum Gasteiger partial charge on any atom is -0.330 e. The quantitative estimate of drug-likeness (QED) is 0.920. The summed E-state index contributed by atoms with van der Waals surface area (Å²) in [6.45, 7) is 3.20. The molecule has 0 bridgehead atoms. The number of hydrogen-bond acceptors (Lipinski definition) is 2. The smallest absolute Gasteiger partial charge is 0.123 e. The van der Waals surface area contributed by atoms with E-state index in [1.807, 2.05) is 0 Å². The Morgan fingerprint density at radius 3 is 2.65 bits per heavy atom. The monoisotopic (exact) mass is 271 g/mol. The van der Waals surface area contributed by atoms with Crippen molar-refractivity contribution in [2.24, 2.45) is 13.0 Å². The average Bonchev–Trinajstić information content (AvgIpc) is 2.83. The van der Waals surface area contributed by atoms with Gasteiger partial charge < -0.3 is 9.88 Å². The summed E-state index contributed by atoms with van der Waals surface area (Å²) in [5, 5.41) is 3.70. The van der Waals surface area contributed by atoms with Crippen LogP contribution in [0.4, 0.5) is 0 Å². The molecule has 0 unspecified atom stereocenters. The molecule has 0 amide bonds. The van der Waals surface area contributed by atoms with Crippen LogP contribution in [0.15, 0.2) is 24.3 Å². The Hall–Kier alpha value is -1.35. The molecule has 1 aliphatic carbocycles. The molecule has 0 saturated heterocycles. The maximum absolute atomic E-state index is 4.73. The molecule has 108 valence electrons. The minimum atomic E-state index is 0.678. The van der Waals surface area contributed by atoms with Crippen molar-refractivity contribution in [3.05, 3.63) is 30.1 Å². The van der Waals surface area contributed by atoms with Gasteiger partial charge in [0.25, 0.3) is 0 Å². The number of nitrogens with zero attached hydrogens (tertiary/aromatic N) is 2. The largest absolute Gasteiger partial charge is 0.330 e. The number of aryl methyl sites for hydroxylation is 1. The van der Waals surface area contributed by atoms with Gasteiger partial charge in [-0.3, -0.25) is 0 Å². The molecule has 0 aliphatic heterocycles. The Morgan fingerprint density at radius 1 is 1.20 bits per heavy atom. The van der Waals surface area contributed by atoms with Crippen molar-refractivity contribution in [2.75, 3.05) is 0 Å². The molecule has 0 atom stereocenters. The van der Waals surface area contributed by atoms with Crippen LogP contribution in [0.5, 0.6) is 0 Å². The first-order chi connectivity index (χ1) is 9.78. The van der Waals surface area contributed by atoms with Crippen LogP contribution in [0.2, 0.25) is 0 Å². The van der Waals surface area contributed by atoms with Crippen LogP contribution in [0.25, 0.3) is 11.0 Å². The number of benzene rings is 1. The summed E-state index contributed by atoms with van der Waals surface area (Å²) < 4.78 is 2.21. The number of para-hydroxylation sites is 2. The van der Waals surface area contributed by atoms with Crippen molar-refractivity contribution in [2.45, 2.75) is 51.6 Å². The van der Waals surface area contributed by atoms with Crippen molar-refractivity contribution in [3.63, 3.8) is 0 Å². The van der Waals surface area contributed by atoms with E-state index in [1.165, 1.54) is 37.6 Å². The summed E-state index contributed by atoms with van der Waals surface area (Å²) in [7, 11) is 2.11. The second-order valence-electron chi connectivity index (χ2n) is 6.08. The van der Waals surface area contributed by atoms with Crippen LogP contribution in [0.1, 0.15) is 44.9 Å². The summed E-state index contributed by atoms with van der Waals surface area (Å²) in [6, 6.07) is 9.03. The van der Waals surface area contributed by atoms with Crippen molar-refractivity contribution < 1.29 is 0 Å². The van der Waals surface area contributed by atoms with Gasteiger partial charge in [-0.2, -0.15) is 0 Å². The molecule has 1 aromatic heterocycles. The van der Waals surface area contributed by atoms with Gasteiger partial charge in [0.15, 0.2) is 0 Å². The first-order valence-electron chi connectivity index (χ1n) is 7.91. The van der Waals surface area contributed by atoms with Gasteiger partial charge in [-0.15, -0.1) is 0 Å². The highest BCUT2D eigenvalue weighted by Crippen LogP contribution is 2.26. The first-order valence-corrected chi connectivity index (χ1v) is 7.91. The Kier molecular flexibility index (Phi) is 4.06. The van der Waals surface area contributed by atoms with E-state index in [2.05, 4.69) is 48.1 Å². The molecule has 3 nitrogen and oxygen atoms in total. The molecule has 1 heterocycles. The molecule has 3 rings (SSSR count). The normalized spacial score (nSPS) is 23.3. The Labute approximate surface area is 121 Å². The van der Waals surface area contributed by atoms with Crippen LogP contribution < -0.4 is 5.32 Å². The minimum absolute atomic E-state index is 0.678. The van der Waals surface area contributed by atoms with Crippen molar-refractivity contribution in [1.82, 2.24) is 14.9 Å². The zero-order valence-electron chi connectivity index (χ0n) is 12.6. The van der Waals surface area contributed by atoms with Crippen LogP contribution in [0.3, 0.4) is 0 Å². The molecule has 1 aliphatic rings. The molecule has 1 fully saturated rings. The van der Waals surface area contributed by atoms with Gasteiger partial charge in [0, 0.05) is 13.1 Å². The lowest BCUT2D eigenvalue weighted by Gasteiger charge is -2.28. The first kappa shape index (κ1) is 13.6. The fraction of sp³-hybridized carbons (Fsp3) is 0.588. The number of aromatic nitrogens is 2. The summed E-state index contributed by atoms with van der Waals surface area (Å²) >= 11 is 0. The van der Waals surface area contributed by atoms with Gasteiger partial charge >= 0.3 is 0 Å². The van der Waals surface area contributed by atoms with E-state index < -0.39 is 0 Å². The van der Waals surface area contributed by atoms with Gasteiger partial charge in [0.2, 0.25) is 0 Å². The molecule has 20 heavy (non-hydrogen) atoms. The molecule has 2 aromatic rings. The highest BCUT2D eigenvalue weighted by atomic mass is 15.1. The van der Waals surface area contributed by atoms with Gasteiger partial charge in [0.1, 0.15) is 5.82 Å². The molecule has 1 N–H and O–H groups in total. The fourth-order valence-corrected chi connectivity index (χ4v) is 3.36. The predicted molar refractivity (Wildman–Crippen MR) is 83.6 cm³/mol. The number of rotatable bonds is 4. The van der Waals surface area contributed by atoms with E-state index >= 15 is 0 Å². The van der Waals surface area contributed by atoms with E-state index in [9.17, 15) is 0 Å². The van der Waals surface area contributed by atoms with E-state index in [-0.39, 0.29) is 0 Å². The maximum atomic E-state index is 4.73. The molecule has 0 radical (unpaired) electrons. The summed E-state index contributed by atoms with van der Waals surface area (Å²) in [5.74, 6) is 2.10. The maximum Gasteiger partial charge on any atom is 0.123 e. The highest BCUT2D eigenvalue weighted by molar-refractivity contribution is 5.75. The molecule has 1 saturated carbocycles. The van der Waals surface area contributed by atoms with Gasteiger partial charge in [-0.05, 0) is 43.7 Å². The molecule has 3 heteroatoms. The van der Waals surface area contributed by atoms with E-state index in [0.29, 0.717) is 6.04 Å². The van der Waals surface area contributed by atoms with E-state index in [0.717, 1.165) is 23.8 Å². The second kappa shape index (κ2) is 5.96. The summed E-state index contributed by atoms with van der Waals surface area (Å²) in [5.41, 5.74) is 2.32. The number of fused-ring (bicyclic) bond motifs is 1. The Morgan fingerprint density at radius 2 is 1.95 bits per heavy atom. The number of imidazole rings is 1. The summed E-state index contributed by atoms with van der Waals surface area (Å²) in [6.07, 6.45) is 6.76. The topological polar surface area (TPSA) is 29.9 Å². The number of hydrogen-bond donors (Lipinski definition) is 1. The van der Waals surface area contributed by atoms with Crippen LogP contribution in [-0.2, 0) is 13.6 Å². The Bertz CT molecular complexity index is 565. The highest BCUT2D eigenvalue weighted by Gasteiger charge is 2.19. The van der Waals surface area contributed by atoms with Crippen LogP contribution >= 0.6 is 0 Å². The zero-order valence-corrected chi connectivity index (χ0v) is 12.6. The van der Waals surface area contributed by atoms with Crippen molar-refractivity contribution in [1.29, 1.82) is 0 Å². The lowest BCUT2D eigenvalue weighted by atomic mass is 9.84. The van der Waals surface area contributed by atoms with Gasteiger partial charge in [-0.1, -0.05) is 25.5 Å². The lowest BCUT2D eigenvalue weighted by molar-refractivity contribution is 0.283. The third kappa shape index (κ3) is 2.73. The molecular weight excluding hydrogens is 246 g/mol.